The summed E-state index contributed by atoms with van der Waals surface area (Å²) >= 11 is 0. The van der Waals surface area contributed by atoms with Gasteiger partial charge in [0.1, 0.15) is 12.6 Å². The predicted octanol–water partition coefficient (Wildman–Crippen LogP) is 1.94. The number of hydrogen-bond acceptors (Lipinski definition) is 3. The van der Waals surface area contributed by atoms with E-state index < -0.39 is 24.5 Å². The Balaban J connectivity index is 2.14. The van der Waals surface area contributed by atoms with Gasteiger partial charge in [0.15, 0.2) is 0 Å². The number of aromatic carboxylic acids is 1. The Morgan fingerprint density at radius 2 is 2.32 bits per heavy atom. The minimum atomic E-state index is -2.98. The lowest BCUT2D eigenvalue weighted by atomic mass is 10.1. The molecule has 0 spiro atoms. The second kappa shape index (κ2) is 3.99. The van der Waals surface area contributed by atoms with E-state index in [2.05, 4.69) is 4.98 Å². The third-order valence-electron chi connectivity index (χ3n) is 3.22. The number of ether oxygens (including phenoxy) is 1. The van der Waals surface area contributed by atoms with Crippen molar-refractivity contribution >= 4 is 17.0 Å². The van der Waals surface area contributed by atoms with Crippen molar-refractivity contribution in [1.29, 1.82) is 0 Å². The van der Waals surface area contributed by atoms with Crippen LogP contribution in [0.1, 0.15) is 16.4 Å². The van der Waals surface area contributed by atoms with E-state index >= 15 is 0 Å². The molecule has 5 nitrogen and oxygen atoms in total. The van der Waals surface area contributed by atoms with Crippen molar-refractivity contribution in [2.75, 3.05) is 13.2 Å². The molecular weight excluding hydrogens is 258 g/mol. The standard InChI is InChI=1S/C12H10F2N2O3/c13-12(14)5-19-4-10(12)16-6-15-8-2-1-7(11(17)18)3-9(8)16/h1-3,6,10H,4-5H2,(H,17,18). The zero-order chi connectivity index (χ0) is 13.6. The second-order valence-corrected chi connectivity index (χ2v) is 4.45. The van der Waals surface area contributed by atoms with Gasteiger partial charge in [-0.2, -0.15) is 0 Å². The summed E-state index contributed by atoms with van der Waals surface area (Å²) in [4.78, 5) is 14.9. The van der Waals surface area contributed by atoms with Gasteiger partial charge in [-0.05, 0) is 18.2 Å². The van der Waals surface area contributed by atoms with Gasteiger partial charge in [0, 0.05) is 0 Å². The minimum Gasteiger partial charge on any atom is -0.478 e. The van der Waals surface area contributed by atoms with E-state index in [-0.39, 0.29) is 12.2 Å². The molecule has 1 saturated heterocycles. The summed E-state index contributed by atoms with van der Waals surface area (Å²) in [7, 11) is 0. The molecule has 0 aliphatic carbocycles. The van der Waals surface area contributed by atoms with Crippen molar-refractivity contribution in [3.05, 3.63) is 30.1 Å². The van der Waals surface area contributed by atoms with Crippen molar-refractivity contribution < 1.29 is 23.4 Å². The number of aromatic nitrogens is 2. The molecule has 100 valence electrons. The Morgan fingerprint density at radius 1 is 1.53 bits per heavy atom. The van der Waals surface area contributed by atoms with Crippen molar-refractivity contribution in [2.24, 2.45) is 0 Å². The maximum Gasteiger partial charge on any atom is 0.335 e. The average molecular weight is 268 g/mol. The number of rotatable bonds is 2. The SMILES string of the molecule is O=C(O)c1ccc2ncn(C3COCC3(F)F)c2c1. The van der Waals surface area contributed by atoms with E-state index in [1.807, 2.05) is 0 Å². The van der Waals surface area contributed by atoms with E-state index in [1.54, 1.807) is 0 Å². The van der Waals surface area contributed by atoms with E-state index in [0.717, 1.165) is 0 Å². The van der Waals surface area contributed by atoms with Gasteiger partial charge in [-0.3, -0.25) is 0 Å². The average Bonchev–Trinajstić information content (AvgIpc) is 2.90. The number of fused-ring (bicyclic) bond motifs is 1. The van der Waals surface area contributed by atoms with Crippen molar-refractivity contribution in [1.82, 2.24) is 9.55 Å². The van der Waals surface area contributed by atoms with Crippen LogP contribution in [0.3, 0.4) is 0 Å². The highest BCUT2D eigenvalue weighted by Crippen LogP contribution is 2.36. The largest absolute Gasteiger partial charge is 0.478 e. The molecule has 0 bridgehead atoms. The van der Waals surface area contributed by atoms with Gasteiger partial charge in [-0.25, -0.2) is 18.6 Å². The highest BCUT2D eigenvalue weighted by atomic mass is 19.3. The fraction of sp³-hybridized carbons (Fsp3) is 0.333. The highest BCUT2D eigenvalue weighted by Gasteiger charge is 2.46. The van der Waals surface area contributed by atoms with Gasteiger partial charge in [0.25, 0.3) is 5.92 Å². The zero-order valence-corrected chi connectivity index (χ0v) is 9.72. The number of halogens is 2. The molecule has 1 unspecified atom stereocenters. The topological polar surface area (TPSA) is 64.3 Å². The molecule has 7 heteroatoms. The van der Waals surface area contributed by atoms with Gasteiger partial charge in [0.2, 0.25) is 0 Å². The summed E-state index contributed by atoms with van der Waals surface area (Å²) in [6.07, 6.45) is 1.30. The number of imidazole rings is 1. The molecule has 1 aliphatic rings. The Morgan fingerprint density at radius 3 is 2.95 bits per heavy atom. The van der Waals surface area contributed by atoms with Crippen LogP contribution in [0.25, 0.3) is 11.0 Å². The molecule has 3 rings (SSSR count). The van der Waals surface area contributed by atoms with E-state index in [4.69, 9.17) is 9.84 Å². The summed E-state index contributed by atoms with van der Waals surface area (Å²) in [5.41, 5.74) is 0.888. The smallest absolute Gasteiger partial charge is 0.335 e. The summed E-state index contributed by atoms with van der Waals surface area (Å²) in [6.45, 7) is -0.744. The molecule has 1 atom stereocenters. The van der Waals surface area contributed by atoms with Gasteiger partial charge < -0.3 is 14.4 Å². The van der Waals surface area contributed by atoms with Gasteiger partial charge >= 0.3 is 5.97 Å². The Hall–Kier alpha value is -2.02. The lowest BCUT2D eigenvalue weighted by molar-refractivity contribution is -0.0315. The number of carboxylic acids is 1. The van der Waals surface area contributed by atoms with Gasteiger partial charge in [0.05, 0.1) is 29.5 Å². The van der Waals surface area contributed by atoms with E-state index in [0.29, 0.717) is 11.0 Å². The molecule has 1 N–H and O–H groups in total. The first-order chi connectivity index (χ1) is 8.99. The first kappa shape index (κ1) is 12.0. The van der Waals surface area contributed by atoms with Crippen LogP contribution in [0.4, 0.5) is 8.78 Å². The molecule has 2 heterocycles. The van der Waals surface area contributed by atoms with Crippen molar-refractivity contribution in [2.45, 2.75) is 12.0 Å². The Labute approximate surface area is 106 Å². The molecule has 0 amide bonds. The lowest BCUT2D eigenvalue weighted by Gasteiger charge is -2.18. The number of hydrogen-bond donors (Lipinski definition) is 1. The van der Waals surface area contributed by atoms with Gasteiger partial charge in [-0.15, -0.1) is 0 Å². The number of alkyl halides is 2. The zero-order valence-electron chi connectivity index (χ0n) is 9.72. The van der Waals surface area contributed by atoms with Crippen LogP contribution < -0.4 is 0 Å². The lowest BCUT2D eigenvalue weighted by Crippen LogP contribution is -2.28. The Bertz CT molecular complexity index is 653. The number of benzene rings is 1. The molecule has 1 aliphatic heterocycles. The Kier molecular flexibility index (Phi) is 2.53. The van der Waals surface area contributed by atoms with Crippen LogP contribution in [0.5, 0.6) is 0 Å². The monoisotopic (exact) mass is 268 g/mol. The fourth-order valence-corrected chi connectivity index (χ4v) is 2.22. The van der Waals surface area contributed by atoms with Crippen molar-refractivity contribution in [3.8, 4) is 0 Å². The molecule has 0 radical (unpaired) electrons. The van der Waals surface area contributed by atoms with E-state index in [1.165, 1.54) is 29.1 Å². The summed E-state index contributed by atoms with van der Waals surface area (Å²) in [5.74, 6) is -4.09. The molecular formula is C12H10F2N2O3. The fourth-order valence-electron chi connectivity index (χ4n) is 2.22. The summed E-state index contributed by atoms with van der Waals surface area (Å²) < 4.78 is 33.4. The number of nitrogens with zero attached hydrogens (tertiary/aromatic N) is 2. The maximum absolute atomic E-state index is 13.7. The number of carboxylic acid groups (broad SMARTS) is 1. The minimum absolute atomic E-state index is 0.0384. The first-order valence-electron chi connectivity index (χ1n) is 5.64. The van der Waals surface area contributed by atoms with Gasteiger partial charge in [-0.1, -0.05) is 0 Å². The third kappa shape index (κ3) is 1.86. The maximum atomic E-state index is 13.7. The highest BCUT2D eigenvalue weighted by molar-refractivity contribution is 5.92. The molecule has 1 fully saturated rings. The molecule has 2 aromatic rings. The van der Waals surface area contributed by atoms with Crippen LogP contribution in [-0.2, 0) is 4.74 Å². The molecule has 1 aromatic heterocycles. The number of carbonyl (C=O) groups is 1. The van der Waals surface area contributed by atoms with Crippen LogP contribution in [0.15, 0.2) is 24.5 Å². The third-order valence-corrected chi connectivity index (χ3v) is 3.22. The second-order valence-electron chi connectivity index (χ2n) is 4.45. The van der Waals surface area contributed by atoms with Crippen LogP contribution in [0, 0.1) is 0 Å². The molecule has 1 aromatic carbocycles. The summed E-state index contributed by atoms with van der Waals surface area (Å²) in [5, 5.41) is 8.94. The quantitative estimate of drug-likeness (QED) is 0.904. The summed E-state index contributed by atoms with van der Waals surface area (Å²) in [6, 6.07) is 3.09. The predicted molar refractivity (Wildman–Crippen MR) is 61.5 cm³/mol. The van der Waals surface area contributed by atoms with Crippen LogP contribution in [0.2, 0.25) is 0 Å². The van der Waals surface area contributed by atoms with Crippen molar-refractivity contribution in [3.63, 3.8) is 0 Å². The first-order valence-corrected chi connectivity index (χ1v) is 5.64. The molecule has 19 heavy (non-hydrogen) atoms. The van der Waals surface area contributed by atoms with Crippen LogP contribution in [-0.4, -0.2) is 39.8 Å². The van der Waals surface area contributed by atoms with Crippen LogP contribution >= 0.6 is 0 Å². The van der Waals surface area contributed by atoms with E-state index in [9.17, 15) is 13.6 Å². The normalized spacial score (nSPS) is 21.9. The molecule has 0 saturated carbocycles.